The van der Waals surface area contributed by atoms with Crippen molar-refractivity contribution < 1.29 is 47.5 Å². The molecule has 11 nitrogen and oxygen atoms in total. The summed E-state index contributed by atoms with van der Waals surface area (Å²) in [7, 11) is -4.73. The molecule has 0 fully saturated rings. The lowest BCUT2D eigenvalue weighted by molar-refractivity contribution is -0.161. The molecule has 346 valence electrons. The van der Waals surface area contributed by atoms with Crippen molar-refractivity contribution in [2.24, 2.45) is 5.73 Å². The van der Waals surface area contributed by atoms with Crippen LogP contribution < -0.4 is 5.73 Å². The highest BCUT2D eigenvalue weighted by molar-refractivity contribution is 7.47. The Bertz CT molecular complexity index is 1250. The predicted molar refractivity (Wildman–Crippen MR) is 245 cm³/mol. The van der Waals surface area contributed by atoms with Gasteiger partial charge in [0.15, 0.2) is 6.10 Å². The molecular weight excluding hydrogens is 781 g/mol. The van der Waals surface area contributed by atoms with Crippen LogP contribution in [-0.4, -0.2) is 59.9 Å². The van der Waals surface area contributed by atoms with E-state index in [1.807, 2.05) is 0 Å². The van der Waals surface area contributed by atoms with E-state index in [1.165, 1.54) is 77.0 Å². The molecule has 0 aliphatic heterocycles. The Morgan fingerprint density at radius 2 is 0.883 bits per heavy atom. The summed E-state index contributed by atoms with van der Waals surface area (Å²) < 4.78 is 32.7. The normalized spacial score (nSPS) is 14.2. The number of esters is 2. The van der Waals surface area contributed by atoms with Gasteiger partial charge in [-0.25, -0.2) is 4.57 Å². The molecule has 60 heavy (non-hydrogen) atoms. The molecule has 0 aromatic heterocycles. The first-order valence-electron chi connectivity index (χ1n) is 23.3. The molecule has 0 saturated heterocycles. The van der Waals surface area contributed by atoms with Crippen LogP contribution in [-0.2, 0) is 37.5 Å². The second-order valence-electron chi connectivity index (χ2n) is 15.5. The second-order valence-corrected chi connectivity index (χ2v) is 17.0. The van der Waals surface area contributed by atoms with Gasteiger partial charge in [0.05, 0.1) is 13.2 Å². The number of carbonyl (C=O) groups excluding carboxylic acids is 2. The number of allylic oxidation sites excluding steroid dienone is 10. The third-order valence-corrected chi connectivity index (χ3v) is 10.7. The molecule has 0 saturated carbocycles. The van der Waals surface area contributed by atoms with Crippen LogP contribution in [0.3, 0.4) is 0 Å². The Kier molecular flexibility index (Phi) is 40.8. The molecule has 0 aromatic rings. The Morgan fingerprint density at radius 3 is 1.32 bits per heavy atom. The average Bonchev–Trinajstić information content (AvgIpc) is 3.22. The van der Waals surface area contributed by atoms with E-state index in [9.17, 15) is 23.8 Å². The first-order valence-corrected chi connectivity index (χ1v) is 24.8. The Labute approximate surface area is 364 Å². The Morgan fingerprint density at radius 1 is 0.517 bits per heavy atom. The van der Waals surface area contributed by atoms with Crippen LogP contribution in [0.2, 0.25) is 0 Å². The zero-order valence-corrected chi connectivity index (χ0v) is 38.4. The summed E-state index contributed by atoms with van der Waals surface area (Å²) in [6, 6.07) is -1.53. The van der Waals surface area contributed by atoms with E-state index in [-0.39, 0.29) is 19.4 Å². The van der Waals surface area contributed by atoms with Gasteiger partial charge in [-0.2, -0.15) is 0 Å². The van der Waals surface area contributed by atoms with Gasteiger partial charge in [-0.15, -0.1) is 0 Å². The molecule has 0 heterocycles. The topological polar surface area (TPSA) is 172 Å². The molecule has 12 heteroatoms. The van der Waals surface area contributed by atoms with Gasteiger partial charge in [-0.1, -0.05) is 158 Å². The lowest BCUT2D eigenvalue weighted by atomic mass is 10.1. The molecule has 0 radical (unpaired) electrons. The molecule has 0 spiro atoms. The van der Waals surface area contributed by atoms with E-state index in [1.54, 1.807) is 0 Å². The lowest BCUT2D eigenvalue weighted by Gasteiger charge is -2.20. The summed E-state index contributed by atoms with van der Waals surface area (Å²) in [6.45, 7) is 2.73. The van der Waals surface area contributed by atoms with Crippen LogP contribution >= 0.6 is 7.82 Å². The molecule has 0 aliphatic rings. The predicted octanol–water partition coefficient (Wildman–Crippen LogP) is 12.7. The van der Waals surface area contributed by atoms with Crippen molar-refractivity contribution in [2.45, 2.75) is 206 Å². The van der Waals surface area contributed by atoms with Crippen molar-refractivity contribution in [3.8, 4) is 0 Å². The van der Waals surface area contributed by atoms with Gasteiger partial charge in [0.1, 0.15) is 12.6 Å². The number of nitrogens with two attached hydrogens (primary N) is 1. The van der Waals surface area contributed by atoms with E-state index in [0.29, 0.717) is 12.8 Å². The van der Waals surface area contributed by atoms with Crippen LogP contribution in [0.25, 0.3) is 0 Å². The highest BCUT2D eigenvalue weighted by atomic mass is 31.2. The van der Waals surface area contributed by atoms with Crippen molar-refractivity contribution >= 4 is 25.7 Å². The Hall–Kier alpha value is -2.82. The first kappa shape index (κ1) is 57.2. The molecule has 0 aliphatic carbocycles. The molecule has 3 atom stereocenters. The summed E-state index contributed by atoms with van der Waals surface area (Å²) in [5, 5.41) is 8.90. The van der Waals surface area contributed by atoms with E-state index in [0.717, 1.165) is 77.0 Å². The van der Waals surface area contributed by atoms with Crippen LogP contribution in [0.5, 0.6) is 0 Å². The number of unbranched alkanes of at least 4 members (excludes halogenated alkanes) is 19. The summed E-state index contributed by atoms with van der Waals surface area (Å²) in [5.41, 5.74) is 5.34. The van der Waals surface area contributed by atoms with Crippen LogP contribution in [0.15, 0.2) is 60.8 Å². The van der Waals surface area contributed by atoms with Crippen molar-refractivity contribution in [3.05, 3.63) is 60.8 Å². The minimum absolute atomic E-state index is 0.133. The number of phosphoric acid groups is 1. The molecular formula is C48H84NO10P. The average molecular weight is 866 g/mol. The zero-order chi connectivity index (χ0) is 44.2. The molecule has 0 amide bonds. The standard InChI is InChI=1S/C48H84NO10P/c1-3-5-7-9-11-13-15-17-19-21-22-24-25-27-29-31-33-35-37-39-46(50)56-41-44(42-57-60(54,55)58-43-45(49)48(52)53)59-47(51)40-38-36-34-32-30-28-26-23-20-18-16-14-12-10-8-6-4-2/h11-14,17-20,26,28,44-45H,3-10,15-16,21-25,27,29-43,49H2,1-2H3,(H,52,53)(H,54,55)/b13-11-,14-12-,19-17-,20-18-,28-26-/t44-,45+/m1/s1. The number of carboxylic acid groups (broad SMARTS) is 1. The number of hydrogen-bond donors (Lipinski definition) is 3. The maximum atomic E-state index is 12.6. The number of aliphatic carboxylic acids is 1. The first-order chi connectivity index (χ1) is 29.1. The van der Waals surface area contributed by atoms with Gasteiger partial charge in [-0.3, -0.25) is 23.4 Å². The fraction of sp³-hybridized carbons (Fsp3) is 0.729. The summed E-state index contributed by atoms with van der Waals surface area (Å²) >= 11 is 0. The van der Waals surface area contributed by atoms with Crippen molar-refractivity contribution in [2.75, 3.05) is 19.8 Å². The molecule has 0 aromatic carbocycles. The molecule has 1 unspecified atom stereocenters. The van der Waals surface area contributed by atoms with E-state index in [2.05, 4.69) is 79.1 Å². The number of carbonyl (C=O) groups is 3. The molecule has 4 N–H and O–H groups in total. The third-order valence-electron chi connectivity index (χ3n) is 9.74. The highest BCUT2D eigenvalue weighted by Crippen LogP contribution is 2.43. The number of ether oxygens (including phenoxy) is 2. The summed E-state index contributed by atoms with van der Waals surface area (Å²) in [6.07, 6.45) is 49.9. The quantitative estimate of drug-likeness (QED) is 0.0230. The van der Waals surface area contributed by atoms with Crippen molar-refractivity contribution in [3.63, 3.8) is 0 Å². The van der Waals surface area contributed by atoms with Gasteiger partial charge in [0, 0.05) is 12.8 Å². The zero-order valence-electron chi connectivity index (χ0n) is 37.5. The largest absolute Gasteiger partial charge is 0.480 e. The maximum absolute atomic E-state index is 12.6. The number of rotatable bonds is 43. The van der Waals surface area contributed by atoms with Crippen LogP contribution in [0.1, 0.15) is 194 Å². The van der Waals surface area contributed by atoms with Gasteiger partial charge < -0.3 is 25.2 Å². The van der Waals surface area contributed by atoms with Crippen molar-refractivity contribution in [1.29, 1.82) is 0 Å². The summed E-state index contributed by atoms with van der Waals surface area (Å²) in [4.78, 5) is 46.1. The number of carboxylic acids is 1. The SMILES string of the molecule is CCCCC/C=C\C/C=C\C/C=C\CCCCCCC(=O)O[C@H](COC(=O)CCCCCCCCCCC/C=C\C/C=C\CCCCC)COP(=O)(O)OC[C@H](N)C(=O)O. The maximum Gasteiger partial charge on any atom is 0.472 e. The van der Waals surface area contributed by atoms with Crippen molar-refractivity contribution in [1.82, 2.24) is 0 Å². The van der Waals surface area contributed by atoms with Gasteiger partial charge in [-0.05, 0) is 83.5 Å². The summed E-state index contributed by atoms with van der Waals surface area (Å²) in [5.74, 6) is -2.41. The minimum atomic E-state index is -4.73. The Balaban J connectivity index is 4.36. The van der Waals surface area contributed by atoms with E-state index >= 15 is 0 Å². The van der Waals surface area contributed by atoms with Crippen LogP contribution in [0, 0.1) is 0 Å². The highest BCUT2D eigenvalue weighted by Gasteiger charge is 2.28. The fourth-order valence-corrected chi connectivity index (χ4v) is 6.82. The molecule has 0 bridgehead atoms. The molecule has 0 rings (SSSR count). The lowest BCUT2D eigenvalue weighted by Crippen LogP contribution is -2.34. The van der Waals surface area contributed by atoms with Gasteiger partial charge >= 0.3 is 25.7 Å². The van der Waals surface area contributed by atoms with Gasteiger partial charge in [0.2, 0.25) is 0 Å². The minimum Gasteiger partial charge on any atom is -0.480 e. The van der Waals surface area contributed by atoms with E-state index < -0.39 is 51.1 Å². The van der Waals surface area contributed by atoms with Gasteiger partial charge in [0.25, 0.3) is 0 Å². The number of hydrogen-bond acceptors (Lipinski definition) is 9. The van der Waals surface area contributed by atoms with E-state index in [4.69, 9.17) is 24.8 Å². The number of phosphoric ester groups is 1. The smallest absolute Gasteiger partial charge is 0.472 e. The fourth-order valence-electron chi connectivity index (χ4n) is 6.04. The van der Waals surface area contributed by atoms with Crippen LogP contribution in [0.4, 0.5) is 0 Å². The monoisotopic (exact) mass is 866 g/mol. The third kappa shape index (κ3) is 41.9. The second kappa shape index (κ2) is 42.9.